The van der Waals surface area contributed by atoms with Crippen molar-refractivity contribution >= 4 is 23.5 Å². The van der Waals surface area contributed by atoms with Gasteiger partial charge in [-0.3, -0.25) is 14.5 Å². The van der Waals surface area contributed by atoms with Crippen LogP contribution in [0.15, 0.2) is 36.4 Å². The summed E-state index contributed by atoms with van der Waals surface area (Å²) in [6, 6.07) is 7.82. The molecular weight excluding hydrogens is 352 g/mol. The highest BCUT2D eigenvalue weighted by molar-refractivity contribution is 6.31. The fraction of sp³-hybridized carbons (Fsp3) is 0.500. The molecule has 6 heteroatoms. The van der Waals surface area contributed by atoms with E-state index in [1.165, 1.54) is 0 Å². The van der Waals surface area contributed by atoms with E-state index < -0.39 is 17.8 Å². The predicted molar refractivity (Wildman–Crippen MR) is 98.7 cm³/mol. The van der Waals surface area contributed by atoms with Crippen molar-refractivity contribution in [1.82, 2.24) is 9.80 Å². The Morgan fingerprint density at radius 3 is 2.35 bits per heavy atom. The van der Waals surface area contributed by atoms with Gasteiger partial charge in [-0.05, 0) is 29.9 Å². The van der Waals surface area contributed by atoms with Crippen LogP contribution in [0.2, 0.25) is 5.02 Å². The molecule has 4 rings (SSSR count). The van der Waals surface area contributed by atoms with Gasteiger partial charge in [0.05, 0.1) is 11.8 Å². The molecule has 0 radical (unpaired) electrons. The van der Waals surface area contributed by atoms with Crippen LogP contribution < -0.4 is 0 Å². The number of rotatable bonds is 4. The number of carbonyl (C=O) groups is 2. The van der Waals surface area contributed by atoms with Crippen molar-refractivity contribution < 1.29 is 14.7 Å². The molecule has 2 aliphatic carbocycles. The van der Waals surface area contributed by atoms with Gasteiger partial charge in [-0.15, -0.1) is 0 Å². The Hall–Kier alpha value is -1.85. The number of piperazine rings is 1. The largest absolute Gasteiger partial charge is 0.481 e. The lowest BCUT2D eigenvalue weighted by Crippen LogP contribution is -2.52. The zero-order chi connectivity index (χ0) is 18.3. The third kappa shape index (κ3) is 3.14. The molecule has 2 fully saturated rings. The maximum atomic E-state index is 13.0. The number of carboxylic acid groups (broad SMARTS) is 1. The number of nitrogens with zero attached hydrogens (tertiary/aromatic N) is 2. The van der Waals surface area contributed by atoms with Crippen LogP contribution in [-0.2, 0) is 16.1 Å². The van der Waals surface area contributed by atoms with E-state index in [0.29, 0.717) is 13.1 Å². The minimum Gasteiger partial charge on any atom is -0.481 e. The summed E-state index contributed by atoms with van der Waals surface area (Å²) >= 11 is 6.24. The van der Waals surface area contributed by atoms with Gasteiger partial charge in [0.2, 0.25) is 5.91 Å². The normalized spacial score (nSPS) is 30.7. The molecule has 1 aromatic rings. The van der Waals surface area contributed by atoms with Crippen molar-refractivity contribution in [3.8, 4) is 0 Å². The number of halogens is 1. The van der Waals surface area contributed by atoms with Gasteiger partial charge in [-0.25, -0.2) is 0 Å². The first-order chi connectivity index (χ1) is 12.5. The summed E-state index contributed by atoms with van der Waals surface area (Å²) in [6.45, 7) is 3.63. The van der Waals surface area contributed by atoms with Gasteiger partial charge in [0, 0.05) is 37.7 Å². The molecule has 1 N–H and O–H groups in total. The van der Waals surface area contributed by atoms with Crippen molar-refractivity contribution in [2.24, 2.45) is 23.7 Å². The van der Waals surface area contributed by atoms with Crippen LogP contribution in [0.4, 0.5) is 0 Å². The molecular formula is C20H23ClN2O3. The van der Waals surface area contributed by atoms with Crippen LogP contribution in [0.3, 0.4) is 0 Å². The number of benzene rings is 1. The predicted octanol–water partition coefficient (Wildman–Crippen LogP) is 2.51. The Morgan fingerprint density at radius 1 is 1.04 bits per heavy atom. The van der Waals surface area contributed by atoms with Gasteiger partial charge in [0.1, 0.15) is 0 Å². The number of amides is 1. The van der Waals surface area contributed by atoms with Crippen LogP contribution in [-0.4, -0.2) is 53.0 Å². The summed E-state index contributed by atoms with van der Waals surface area (Å²) in [5.41, 5.74) is 1.10. The van der Waals surface area contributed by atoms with E-state index >= 15 is 0 Å². The smallest absolute Gasteiger partial charge is 0.307 e. The number of aliphatic carboxylic acids is 1. The van der Waals surface area contributed by atoms with Gasteiger partial charge >= 0.3 is 5.97 Å². The molecule has 1 heterocycles. The Balaban J connectivity index is 1.37. The zero-order valence-electron chi connectivity index (χ0n) is 14.6. The first-order valence-electron chi connectivity index (χ1n) is 9.20. The highest BCUT2D eigenvalue weighted by atomic mass is 35.5. The van der Waals surface area contributed by atoms with Gasteiger partial charge in [0.15, 0.2) is 0 Å². The van der Waals surface area contributed by atoms with Crippen molar-refractivity contribution in [3.05, 3.63) is 47.0 Å². The topological polar surface area (TPSA) is 60.9 Å². The summed E-state index contributed by atoms with van der Waals surface area (Å²) in [5, 5.41) is 10.3. The van der Waals surface area contributed by atoms with Crippen LogP contribution in [0.5, 0.6) is 0 Å². The third-order valence-electron chi connectivity index (χ3n) is 6.07. The highest BCUT2D eigenvalue weighted by Gasteiger charge is 2.52. The lowest BCUT2D eigenvalue weighted by Gasteiger charge is -2.37. The highest BCUT2D eigenvalue weighted by Crippen LogP contribution is 2.48. The van der Waals surface area contributed by atoms with E-state index in [2.05, 4.69) is 4.90 Å². The second-order valence-electron chi connectivity index (χ2n) is 7.53. The Kier molecular flexibility index (Phi) is 4.76. The maximum Gasteiger partial charge on any atom is 0.307 e. The molecule has 26 heavy (non-hydrogen) atoms. The van der Waals surface area contributed by atoms with Crippen LogP contribution in [0.1, 0.15) is 12.0 Å². The van der Waals surface area contributed by atoms with Crippen molar-refractivity contribution in [2.75, 3.05) is 26.2 Å². The Labute approximate surface area is 158 Å². The number of fused-ring (bicyclic) bond motifs is 2. The summed E-state index contributed by atoms with van der Waals surface area (Å²) in [4.78, 5) is 28.8. The molecule has 4 atom stereocenters. The third-order valence-corrected chi connectivity index (χ3v) is 6.43. The SMILES string of the molecule is O=C(O)[C@@H]1[C@H](C(=O)N2CCN(Cc3ccccc3Cl)CC2)[C@@H]2C=C[C@H]1C2. The van der Waals surface area contributed by atoms with Crippen molar-refractivity contribution in [1.29, 1.82) is 0 Å². The van der Waals surface area contributed by atoms with Gasteiger partial charge in [-0.2, -0.15) is 0 Å². The molecule has 5 nitrogen and oxygen atoms in total. The second-order valence-corrected chi connectivity index (χ2v) is 7.94. The van der Waals surface area contributed by atoms with Crippen LogP contribution in [0.25, 0.3) is 0 Å². The average molecular weight is 375 g/mol. The maximum absolute atomic E-state index is 13.0. The number of hydrogen-bond donors (Lipinski definition) is 1. The lowest BCUT2D eigenvalue weighted by atomic mass is 9.82. The van der Waals surface area contributed by atoms with Crippen molar-refractivity contribution in [2.45, 2.75) is 13.0 Å². The van der Waals surface area contributed by atoms with Crippen LogP contribution in [0, 0.1) is 23.7 Å². The number of hydrogen-bond acceptors (Lipinski definition) is 3. The van der Waals surface area contributed by atoms with E-state index in [9.17, 15) is 14.7 Å². The molecule has 0 unspecified atom stereocenters. The van der Waals surface area contributed by atoms with E-state index in [4.69, 9.17) is 11.6 Å². The molecule has 1 aromatic carbocycles. The fourth-order valence-corrected chi connectivity index (χ4v) is 4.90. The molecule has 1 aliphatic heterocycles. The summed E-state index contributed by atoms with van der Waals surface area (Å²) < 4.78 is 0. The molecule has 0 spiro atoms. The second kappa shape index (κ2) is 7.05. The molecule has 1 saturated heterocycles. The van der Waals surface area contributed by atoms with Gasteiger partial charge in [0.25, 0.3) is 0 Å². The first-order valence-corrected chi connectivity index (χ1v) is 9.58. The molecule has 1 amide bonds. The summed E-state index contributed by atoms with van der Waals surface area (Å²) in [7, 11) is 0. The Bertz CT molecular complexity index is 742. The standard InChI is InChI=1S/C20H23ClN2O3/c21-16-4-2-1-3-15(16)12-22-7-9-23(10-8-22)19(24)17-13-5-6-14(11-13)18(17)20(25)26/h1-6,13-14,17-18H,7-12H2,(H,25,26)/t13-,14+,17-,18+/m1/s1. The van der Waals surface area contributed by atoms with E-state index in [0.717, 1.165) is 36.6 Å². The molecule has 0 aromatic heterocycles. The molecule has 138 valence electrons. The quantitative estimate of drug-likeness (QED) is 0.822. The monoisotopic (exact) mass is 374 g/mol. The summed E-state index contributed by atoms with van der Waals surface area (Å²) in [5.74, 6) is -1.65. The molecule has 3 aliphatic rings. The number of allylic oxidation sites excluding steroid dienone is 2. The minimum atomic E-state index is -0.836. The average Bonchev–Trinajstić information content (AvgIpc) is 3.25. The van der Waals surface area contributed by atoms with Gasteiger partial charge in [-0.1, -0.05) is 42.0 Å². The molecule has 1 saturated carbocycles. The number of carboxylic acids is 1. The van der Waals surface area contributed by atoms with Gasteiger partial charge < -0.3 is 10.0 Å². The van der Waals surface area contributed by atoms with E-state index in [-0.39, 0.29) is 17.7 Å². The Morgan fingerprint density at radius 2 is 1.69 bits per heavy atom. The summed E-state index contributed by atoms with van der Waals surface area (Å²) in [6.07, 6.45) is 4.83. The zero-order valence-corrected chi connectivity index (χ0v) is 15.3. The van der Waals surface area contributed by atoms with E-state index in [1.807, 2.05) is 41.3 Å². The van der Waals surface area contributed by atoms with Crippen LogP contribution >= 0.6 is 11.6 Å². The van der Waals surface area contributed by atoms with Crippen molar-refractivity contribution in [3.63, 3.8) is 0 Å². The lowest BCUT2D eigenvalue weighted by molar-refractivity contribution is -0.151. The molecule has 2 bridgehead atoms. The first kappa shape index (κ1) is 17.6. The fourth-order valence-electron chi connectivity index (χ4n) is 4.70. The number of carbonyl (C=O) groups excluding carboxylic acids is 1. The van der Waals surface area contributed by atoms with E-state index in [1.54, 1.807) is 0 Å². The minimum absolute atomic E-state index is 0.0200.